The molecular formula is C45H30N4O. The largest absolute Gasteiger partial charge is 0.455 e. The smallest absolute Gasteiger partial charge is 0.167 e. The van der Waals surface area contributed by atoms with E-state index in [1.165, 1.54) is 11.1 Å². The van der Waals surface area contributed by atoms with Crippen LogP contribution in [0.4, 0.5) is 17.1 Å². The third kappa shape index (κ3) is 5.47. The van der Waals surface area contributed by atoms with Gasteiger partial charge in [0, 0.05) is 39.0 Å². The zero-order valence-corrected chi connectivity index (χ0v) is 27.0. The van der Waals surface area contributed by atoms with E-state index in [0.717, 1.165) is 55.7 Å². The topological polar surface area (TPSA) is 55.1 Å². The van der Waals surface area contributed by atoms with Crippen molar-refractivity contribution in [3.05, 3.63) is 182 Å². The van der Waals surface area contributed by atoms with Gasteiger partial charge in [0.2, 0.25) is 0 Å². The molecule has 0 N–H and O–H groups in total. The average molecular weight is 643 g/mol. The Bertz CT molecular complexity index is 2560. The molecule has 0 aliphatic carbocycles. The maximum atomic E-state index is 6.38. The number of fused-ring (bicyclic) bond motifs is 3. The van der Waals surface area contributed by atoms with Gasteiger partial charge in [0.05, 0.1) is 5.56 Å². The molecule has 0 amide bonds. The molecule has 0 fully saturated rings. The number of nitrogens with zero attached hydrogens (tertiary/aromatic N) is 4. The van der Waals surface area contributed by atoms with Crippen molar-refractivity contribution in [1.29, 1.82) is 0 Å². The van der Waals surface area contributed by atoms with Crippen molar-refractivity contribution < 1.29 is 4.42 Å². The summed E-state index contributed by atoms with van der Waals surface area (Å²) in [6.07, 6.45) is 0. The Morgan fingerprint density at radius 3 is 1.46 bits per heavy atom. The first-order valence-corrected chi connectivity index (χ1v) is 16.6. The van der Waals surface area contributed by atoms with Gasteiger partial charge in [-0.05, 0) is 71.8 Å². The maximum absolute atomic E-state index is 6.38. The van der Waals surface area contributed by atoms with Crippen molar-refractivity contribution in [3.8, 4) is 45.3 Å². The number of hydrogen-bond donors (Lipinski definition) is 0. The number of para-hydroxylation sites is 3. The second-order valence-corrected chi connectivity index (χ2v) is 12.1. The van der Waals surface area contributed by atoms with Gasteiger partial charge >= 0.3 is 0 Å². The Labute approximate surface area is 289 Å². The molecular weight excluding hydrogens is 613 g/mol. The molecule has 9 rings (SSSR count). The molecule has 0 aliphatic rings. The predicted octanol–water partition coefficient (Wildman–Crippen LogP) is 11.9. The lowest BCUT2D eigenvalue weighted by atomic mass is 10.0. The third-order valence-corrected chi connectivity index (χ3v) is 8.94. The normalized spacial score (nSPS) is 11.2. The minimum Gasteiger partial charge on any atom is -0.455 e. The van der Waals surface area contributed by atoms with Crippen LogP contribution in [-0.4, -0.2) is 15.0 Å². The first kappa shape index (κ1) is 29.3. The SMILES string of the molecule is c1ccc(-c2ccc(N(c3ccccc3)c3ccc(-c4nc(-c5ccccc5)nc(-c5cccc6c5oc5ccccc56)n4)cc3)cc2)cc1. The Kier molecular flexibility index (Phi) is 7.41. The number of rotatable bonds is 7. The van der Waals surface area contributed by atoms with Crippen LogP contribution in [0.25, 0.3) is 67.2 Å². The fraction of sp³-hybridized carbons (Fsp3) is 0. The van der Waals surface area contributed by atoms with E-state index >= 15 is 0 Å². The molecule has 0 bridgehead atoms. The van der Waals surface area contributed by atoms with Gasteiger partial charge in [-0.25, -0.2) is 15.0 Å². The van der Waals surface area contributed by atoms with Crippen molar-refractivity contribution in [3.63, 3.8) is 0 Å². The summed E-state index contributed by atoms with van der Waals surface area (Å²) < 4.78 is 6.38. The molecule has 5 nitrogen and oxygen atoms in total. The van der Waals surface area contributed by atoms with Crippen LogP contribution in [0.15, 0.2) is 186 Å². The number of anilines is 3. The Morgan fingerprint density at radius 2 is 0.800 bits per heavy atom. The lowest BCUT2D eigenvalue weighted by Crippen LogP contribution is -2.09. The van der Waals surface area contributed by atoms with Crippen LogP contribution in [0.5, 0.6) is 0 Å². The Hall–Kier alpha value is -6.85. The molecule has 236 valence electrons. The Balaban J connectivity index is 1.14. The van der Waals surface area contributed by atoms with Crippen LogP contribution in [0.3, 0.4) is 0 Å². The monoisotopic (exact) mass is 642 g/mol. The summed E-state index contributed by atoms with van der Waals surface area (Å²) in [6.45, 7) is 0. The van der Waals surface area contributed by atoms with Crippen molar-refractivity contribution in [2.45, 2.75) is 0 Å². The maximum Gasteiger partial charge on any atom is 0.167 e. The summed E-state index contributed by atoms with van der Waals surface area (Å²) in [7, 11) is 0. The van der Waals surface area contributed by atoms with Gasteiger partial charge < -0.3 is 9.32 Å². The van der Waals surface area contributed by atoms with Crippen LogP contribution in [0, 0.1) is 0 Å². The van der Waals surface area contributed by atoms with E-state index in [1.807, 2.05) is 72.8 Å². The van der Waals surface area contributed by atoms with Gasteiger partial charge in [0.1, 0.15) is 11.2 Å². The third-order valence-electron chi connectivity index (χ3n) is 8.94. The second-order valence-electron chi connectivity index (χ2n) is 12.1. The zero-order valence-electron chi connectivity index (χ0n) is 27.0. The fourth-order valence-corrected chi connectivity index (χ4v) is 6.48. The van der Waals surface area contributed by atoms with E-state index in [4.69, 9.17) is 19.4 Å². The predicted molar refractivity (Wildman–Crippen MR) is 204 cm³/mol. The molecule has 0 aliphatic heterocycles. The van der Waals surface area contributed by atoms with Crippen LogP contribution in [-0.2, 0) is 0 Å². The van der Waals surface area contributed by atoms with Crippen LogP contribution in [0.2, 0.25) is 0 Å². The summed E-state index contributed by atoms with van der Waals surface area (Å²) in [4.78, 5) is 17.3. The Morgan fingerprint density at radius 1 is 0.340 bits per heavy atom. The van der Waals surface area contributed by atoms with E-state index < -0.39 is 0 Å². The van der Waals surface area contributed by atoms with Gasteiger partial charge in [-0.3, -0.25) is 0 Å². The standard InChI is InChI=1S/C45H30N4O/c1-4-13-31(14-5-1)32-23-27-36(28-24-32)49(35-17-8-3-9-18-35)37-29-25-34(26-30-37)44-46-43(33-15-6-2-7-16-33)47-45(48-44)40-21-12-20-39-38-19-10-11-22-41(38)50-42(39)40/h1-30H. The molecule has 0 radical (unpaired) electrons. The second kappa shape index (κ2) is 12.6. The van der Waals surface area contributed by atoms with Crippen LogP contribution < -0.4 is 4.90 Å². The molecule has 0 saturated carbocycles. The minimum atomic E-state index is 0.562. The highest BCUT2D eigenvalue weighted by molar-refractivity contribution is 6.09. The molecule has 2 aromatic heterocycles. The number of furan rings is 1. The number of hydrogen-bond acceptors (Lipinski definition) is 5. The van der Waals surface area contributed by atoms with E-state index in [9.17, 15) is 0 Å². The van der Waals surface area contributed by atoms with Crippen molar-refractivity contribution in [1.82, 2.24) is 15.0 Å². The molecule has 7 aromatic carbocycles. The van der Waals surface area contributed by atoms with Gasteiger partial charge in [-0.15, -0.1) is 0 Å². The molecule has 0 spiro atoms. The fourth-order valence-electron chi connectivity index (χ4n) is 6.48. The molecule has 5 heteroatoms. The molecule has 2 heterocycles. The molecule has 50 heavy (non-hydrogen) atoms. The van der Waals surface area contributed by atoms with Crippen molar-refractivity contribution >= 4 is 39.0 Å². The van der Waals surface area contributed by atoms with Crippen LogP contribution >= 0.6 is 0 Å². The van der Waals surface area contributed by atoms with Gasteiger partial charge in [0.25, 0.3) is 0 Å². The summed E-state index contributed by atoms with van der Waals surface area (Å²) in [5.41, 5.74) is 9.75. The van der Waals surface area contributed by atoms with Gasteiger partial charge in [-0.1, -0.05) is 121 Å². The molecule has 0 atom stereocenters. The van der Waals surface area contributed by atoms with E-state index in [1.54, 1.807) is 0 Å². The minimum absolute atomic E-state index is 0.562. The summed E-state index contributed by atoms with van der Waals surface area (Å²) in [5.74, 6) is 1.76. The highest BCUT2D eigenvalue weighted by Crippen LogP contribution is 2.38. The summed E-state index contributed by atoms with van der Waals surface area (Å²) in [5, 5.41) is 2.10. The zero-order chi connectivity index (χ0) is 33.3. The number of benzene rings is 7. The van der Waals surface area contributed by atoms with Crippen molar-refractivity contribution in [2.24, 2.45) is 0 Å². The van der Waals surface area contributed by atoms with Gasteiger partial charge in [-0.2, -0.15) is 0 Å². The van der Waals surface area contributed by atoms with E-state index in [2.05, 4.69) is 114 Å². The lowest BCUT2D eigenvalue weighted by Gasteiger charge is -2.25. The van der Waals surface area contributed by atoms with Crippen LogP contribution in [0.1, 0.15) is 0 Å². The summed E-state index contributed by atoms with van der Waals surface area (Å²) in [6, 6.07) is 62.2. The quantitative estimate of drug-likeness (QED) is 0.173. The lowest BCUT2D eigenvalue weighted by molar-refractivity contribution is 0.669. The average Bonchev–Trinajstić information content (AvgIpc) is 3.59. The molecule has 9 aromatic rings. The van der Waals surface area contributed by atoms with E-state index in [0.29, 0.717) is 17.5 Å². The molecule has 0 unspecified atom stereocenters. The molecule has 0 saturated heterocycles. The van der Waals surface area contributed by atoms with E-state index in [-0.39, 0.29) is 0 Å². The van der Waals surface area contributed by atoms with Crippen molar-refractivity contribution in [2.75, 3.05) is 4.90 Å². The highest BCUT2D eigenvalue weighted by atomic mass is 16.3. The highest BCUT2D eigenvalue weighted by Gasteiger charge is 2.18. The first-order chi connectivity index (χ1) is 24.8. The first-order valence-electron chi connectivity index (χ1n) is 16.6. The number of aromatic nitrogens is 3. The summed E-state index contributed by atoms with van der Waals surface area (Å²) >= 11 is 0. The van der Waals surface area contributed by atoms with Gasteiger partial charge in [0.15, 0.2) is 17.5 Å².